The Morgan fingerprint density at radius 1 is 1.40 bits per heavy atom. The van der Waals surface area contributed by atoms with Gasteiger partial charge in [-0.1, -0.05) is 37.0 Å². The Kier molecular flexibility index (Phi) is 6.44. The zero-order chi connectivity index (χ0) is 18.6. The molecule has 1 unspecified atom stereocenters. The molecule has 0 bridgehead atoms. The van der Waals surface area contributed by atoms with E-state index >= 15 is 0 Å². The second-order valence-corrected chi connectivity index (χ2v) is 6.83. The first kappa shape index (κ1) is 19.3. The van der Waals surface area contributed by atoms with Crippen molar-refractivity contribution in [3.63, 3.8) is 0 Å². The highest BCUT2D eigenvalue weighted by Crippen LogP contribution is 2.36. The van der Waals surface area contributed by atoms with Gasteiger partial charge in [-0.15, -0.1) is 0 Å². The third kappa shape index (κ3) is 4.13. The van der Waals surface area contributed by atoms with E-state index in [1.54, 1.807) is 38.3 Å². The summed E-state index contributed by atoms with van der Waals surface area (Å²) in [7, 11) is 1.54. The number of nitrogens with zero attached hydrogens (tertiary/aromatic N) is 1. The first-order valence-corrected chi connectivity index (χ1v) is 8.96. The third-order valence-corrected chi connectivity index (χ3v) is 4.92. The molecule has 134 valence electrons. The molecule has 1 aliphatic heterocycles. The predicted octanol–water partition coefficient (Wildman–Crippen LogP) is 3.16. The van der Waals surface area contributed by atoms with Crippen molar-refractivity contribution < 1.29 is 24.2 Å². The van der Waals surface area contributed by atoms with Crippen LogP contribution in [0.4, 0.5) is 0 Å². The number of thioether (sulfide) groups is 1. The minimum absolute atomic E-state index is 0.253. The van der Waals surface area contributed by atoms with Crippen molar-refractivity contribution in [2.45, 2.75) is 26.3 Å². The molecule has 1 aromatic rings. The highest BCUT2D eigenvalue weighted by molar-refractivity contribution is 8.26. The van der Waals surface area contributed by atoms with E-state index in [9.17, 15) is 14.7 Å². The summed E-state index contributed by atoms with van der Waals surface area (Å²) in [4.78, 5) is 25.5. The van der Waals surface area contributed by atoms with E-state index in [2.05, 4.69) is 0 Å². The molecule has 0 aromatic heterocycles. The van der Waals surface area contributed by atoms with Crippen LogP contribution in [-0.2, 0) is 9.59 Å². The van der Waals surface area contributed by atoms with Crippen LogP contribution < -0.4 is 9.47 Å². The lowest BCUT2D eigenvalue weighted by Gasteiger charge is -2.21. The molecule has 2 rings (SSSR count). The van der Waals surface area contributed by atoms with E-state index < -0.39 is 17.9 Å². The summed E-state index contributed by atoms with van der Waals surface area (Å²) in [5, 5.41) is 9.28. The first-order valence-electron chi connectivity index (χ1n) is 7.73. The van der Waals surface area contributed by atoms with Crippen molar-refractivity contribution in [3.8, 4) is 11.5 Å². The summed E-state index contributed by atoms with van der Waals surface area (Å²) < 4.78 is 11.0. The lowest BCUT2D eigenvalue weighted by atomic mass is 10.1. The van der Waals surface area contributed by atoms with E-state index in [0.717, 1.165) is 17.3 Å². The predicted molar refractivity (Wildman–Crippen MR) is 101 cm³/mol. The molecule has 25 heavy (non-hydrogen) atoms. The Labute approximate surface area is 155 Å². The number of ether oxygens (including phenoxy) is 2. The van der Waals surface area contributed by atoms with Gasteiger partial charge in [-0.25, -0.2) is 4.79 Å². The van der Waals surface area contributed by atoms with Gasteiger partial charge in [-0.3, -0.25) is 9.69 Å². The lowest BCUT2D eigenvalue weighted by Crippen LogP contribution is -2.43. The van der Waals surface area contributed by atoms with Crippen molar-refractivity contribution in [2.24, 2.45) is 0 Å². The maximum Gasteiger partial charge on any atom is 0.326 e. The topological polar surface area (TPSA) is 76.1 Å². The fourth-order valence-corrected chi connectivity index (χ4v) is 3.77. The van der Waals surface area contributed by atoms with Crippen LogP contribution in [0.1, 0.15) is 25.8 Å². The fourth-order valence-electron chi connectivity index (χ4n) is 2.42. The van der Waals surface area contributed by atoms with Crippen molar-refractivity contribution >= 4 is 46.3 Å². The van der Waals surface area contributed by atoms with Gasteiger partial charge in [0, 0.05) is 0 Å². The summed E-state index contributed by atoms with van der Waals surface area (Å²) >= 11 is 6.29. The van der Waals surface area contributed by atoms with Crippen LogP contribution in [0.2, 0.25) is 0 Å². The number of hydrogen-bond donors (Lipinski definition) is 1. The molecule has 0 saturated carbocycles. The van der Waals surface area contributed by atoms with Gasteiger partial charge in [0.2, 0.25) is 0 Å². The van der Waals surface area contributed by atoms with Gasteiger partial charge < -0.3 is 14.6 Å². The van der Waals surface area contributed by atoms with E-state index in [0.29, 0.717) is 23.0 Å². The van der Waals surface area contributed by atoms with Gasteiger partial charge in [0.25, 0.3) is 5.91 Å². The van der Waals surface area contributed by atoms with Crippen LogP contribution in [0, 0.1) is 0 Å². The molecule has 0 radical (unpaired) electrons. The molecule has 1 heterocycles. The van der Waals surface area contributed by atoms with Crippen molar-refractivity contribution in [3.05, 3.63) is 28.7 Å². The molecule has 6 nitrogen and oxygen atoms in total. The number of carbonyl (C=O) groups is 2. The van der Waals surface area contributed by atoms with Crippen LogP contribution in [0.3, 0.4) is 0 Å². The molecule has 1 amide bonds. The van der Waals surface area contributed by atoms with Crippen LogP contribution in [0.15, 0.2) is 23.1 Å². The second-order valence-electron chi connectivity index (χ2n) is 5.16. The standard InChI is InChI=1S/C17H19NO5S2/c1-4-11(16(20)21)18-15(19)14(25-17(18)24)9-10-6-7-12(23-5-2)13(8-10)22-3/h6-9,11H,4-5H2,1-3H3,(H,20,21)/b14-9-. The molecule has 1 fully saturated rings. The maximum atomic E-state index is 12.6. The number of aliphatic carboxylic acids is 1. The molecule has 1 atom stereocenters. The largest absolute Gasteiger partial charge is 0.493 e. The molecule has 1 N–H and O–H groups in total. The van der Waals surface area contributed by atoms with E-state index in [1.807, 2.05) is 6.92 Å². The minimum Gasteiger partial charge on any atom is -0.493 e. The lowest BCUT2D eigenvalue weighted by molar-refractivity contribution is -0.145. The quantitative estimate of drug-likeness (QED) is 0.574. The number of methoxy groups -OCH3 is 1. The van der Waals surface area contributed by atoms with Crippen LogP contribution in [-0.4, -0.2) is 46.0 Å². The average Bonchev–Trinajstić information content (AvgIpc) is 2.84. The summed E-state index contributed by atoms with van der Waals surface area (Å²) in [5.41, 5.74) is 0.740. The summed E-state index contributed by atoms with van der Waals surface area (Å²) in [5.74, 6) is -0.283. The zero-order valence-corrected chi connectivity index (χ0v) is 15.8. The van der Waals surface area contributed by atoms with Gasteiger partial charge in [0.05, 0.1) is 18.6 Å². The molecule has 8 heteroatoms. The number of carboxylic acid groups (broad SMARTS) is 1. The normalized spacial score (nSPS) is 17.1. The van der Waals surface area contributed by atoms with Crippen LogP contribution >= 0.6 is 24.0 Å². The Balaban J connectivity index is 2.31. The fraction of sp³-hybridized carbons (Fsp3) is 0.353. The Hall–Kier alpha value is -2.06. The Bertz CT molecular complexity index is 732. The molecule has 0 aliphatic carbocycles. The van der Waals surface area contributed by atoms with E-state index in [4.69, 9.17) is 21.7 Å². The molecule has 1 aliphatic rings. The Morgan fingerprint density at radius 2 is 2.12 bits per heavy atom. The smallest absolute Gasteiger partial charge is 0.326 e. The number of hydrogen-bond acceptors (Lipinski definition) is 6. The van der Waals surface area contributed by atoms with Gasteiger partial charge in [0.15, 0.2) is 11.5 Å². The van der Waals surface area contributed by atoms with Crippen LogP contribution in [0.5, 0.6) is 11.5 Å². The van der Waals surface area contributed by atoms with Crippen LogP contribution in [0.25, 0.3) is 6.08 Å². The van der Waals surface area contributed by atoms with E-state index in [1.165, 1.54) is 4.90 Å². The average molecular weight is 381 g/mol. The zero-order valence-electron chi connectivity index (χ0n) is 14.1. The van der Waals surface area contributed by atoms with Gasteiger partial charge in [0.1, 0.15) is 10.4 Å². The highest BCUT2D eigenvalue weighted by Gasteiger charge is 2.39. The van der Waals surface area contributed by atoms with Crippen molar-refractivity contribution in [1.29, 1.82) is 0 Å². The minimum atomic E-state index is -1.07. The number of amides is 1. The summed E-state index contributed by atoms with van der Waals surface area (Å²) in [6.07, 6.45) is 1.96. The monoisotopic (exact) mass is 381 g/mol. The molecule has 1 saturated heterocycles. The maximum absolute atomic E-state index is 12.6. The molecular formula is C17H19NO5S2. The molecule has 0 spiro atoms. The number of carbonyl (C=O) groups excluding carboxylic acids is 1. The van der Waals surface area contributed by atoms with Gasteiger partial charge in [-0.05, 0) is 37.1 Å². The first-order chi connectivity index (χ1) is 11.9. The summed E-state index contributed by atoms with van der Waals surface area (Å²) in [6, 6.07) is 4.37. The number of benzene rings is 1. The SMILES string of the molecule is CCOc1ccc(/C=C2\SC(=S)N(C(CC)C(=O)O)C2=O)cc1OC. The van der Waals surface area contributed by atoms with Crippen molar-refractivity contribution in [2.75, 3.05) is 13.7 Å². The Morgan fingerprint density at radius 3 is 2.68 bits per heavy atom. The summed E-state index contributed by atoms with van der Waals surface area (Å²) in [6.45, 7) is 4.10. The van der Waals surface area contributed by atoms with Crippen molar-refractivity contribution in [1.82, 2.24) is 4.90 Å². The molecular weight excluding hydrogens is 362 g/mol. The second kappa shape index (κ2) is 8.35. The van der Waals surface area contributed by atoms with Gasteiger partial charge in [-0.2, -0.15) is 0 Å². The van der Waals surface area contributed by atoms with E-state index in [-0.39, 0.29) is 10.7 Å². The number of carboxylic acids is 1. The number of thiocarbonyl (C=S) groups is 1. The highest BCUT2D eigenvalue weighted by atomic mass is 32.2. The third-order valence-electron chi connectivity index (χ3n) is 3.59. The van der Waals surface area contributed by atoms with Gasteiger partial charge >= 0.3 is 5.97 Å². The number of rotatable bonds is 7. The molecule has 1 aromatic carbocycles.